The van der Waals surface area contributed by atoms with E-state index in [4.69, 9.17) is 9.84 Å². The third-order valence-corrected chi connectivity index (χ3v) is 3.14. The van der Waals surface area contributed by atoms with E-state index in [1.807, 2.05) is 0 Å². The summed E-state index contributed by atoms with van der Waals surface area (Å²) in [6.45, 7) is 2.95. The molecule has 0 spiro atoms. The van der Waals surface area contributed by atoms with E-state index in [1.165, 1.54) is 6.92 Å². The van der Waals surface area contributed by atoms with Gasteiger partial charge >= 0.3 is 5.97 Å². The molecule has 1 aliphatic rings. The van der Waals surface area contributed by atoms with Crippen LogP contribution in [0.2, 0.25) is 0 Å². The van der Waals surface area contributed by atoms with E-state index in [1.54, 1.807) is 4.90 Å². The number of hydrogen-bond acceptors (Lipinski definition) is 4. The Morgan fingerprint density at radius 2 is 2.05 bits per heavy atom. The van der Waals surface area contributed by atoms with Crippen LogP contribution in [-0.2, 0) is 19.1 Å². The van der Waals surface area contributed by atoms with E-state index in [2.05, 4.69) is 5.32 Å². The Morgan fingerprint density at radius 3 is 2.70 bits per heavy atom. The molecule has 0 aromatic rings. The number of rotatable bonds is 7. The Hall–Kier alpha value is -1.63. The van der Waals surface area contributed by atoms with Crippen LogP contribution in [-0.4, -0.2) is 60.1 Å². The number of amides is 2. The predicted octanol–water partition coefficient (Wildman–Crippen LogP) is -0.00510. The predicted molar refractivity (Wildman–Crippen MR) is 71.1 cm³/mol. The van der Waals surface area contributed by atoms with Gasteiger partial charge < -0.3 is 20.1 Å². The van der Waals surface area contributed by atoms with Gasteiger partial charge in [0.1, 0.15) is 0 Å². The van der Waals surface area contributed by atoms with Gasteiger partial charge in [0.15, 0.2) is 6.10 Å². The molecule has 1 fully saturated rings. The molecule has 1 rings (SSSR count). The van der Waals surface area contributed by atoms with Gasteiger partial charge in [-0.15, -0.1) is 0 Å². The largest absolute Gasteiger partial charge is 0.479 e. The average Bonchev–Trinajstić information content (AvgIpc) is 2.42. The standard InChI is InChI=1S/C13H22N2O5/c1-10(16)14-6-4-2-3-5-12(17)15-7-8-20-11(9-15)13(18)19/h11H,2-9H2,1H3,(H,14,16)(H,18,19). The van der Waals surface area contributed by atoms with Crippen LogP contribution in [0.25, 0.3) is 0 Å². The van der Waals surface area contributed by atoms with E-state index < -0.39 is 12.1 Å². The van der Waals surface area contributed by atoms with Crippen molar-refractivity contribution >= 4 is 17.8 Å². The first-order valence-corrected chi connectivity index (χ1v) is 6.87. The van der Waals surface area contributed by atoms with Crippen LogP contribution in [0.15, 0.2) is 0 Å². The Morgan fingerprint density at radius 1 is 1.30 bits per heavy atom. The van der Waals surface area contributed by atoms with Crippen molar-refractivity contribution < 1.29 is 24.2 Å². The molecule has 1 aliphatic heterocycles. The molecule has 0 bridgehead atoms. The zero-order valence-corrected chi connectivity index (χ0v) is 11.8. The monoisotopic (exact) mass is 286 g/mol. The van der Waals surface area contributed by atoms with E-state index in [9.17, 15) is 14.4 Å². The van der Waals surface area contributed by atoms with Crippen LogP contribution < -0.4 is 5.32 Å². The molecular formula is C13H22N2O5. The number of carbonyl (C=O) groups excluding carboxylic acids is 2. The Bertz CT molecular complexity index is 359. The Kier molecular flexibility index (Phi) is 7.00. The fourth-order valence-electron chi connectivity index (χ4n) is 2.03. The van der Waals surface area contributed by atoms with Crippen molar-refractivity contribution in [2.24, 2.45) is 0 Å². The summed E-state index contributed by atoms with van der Waals surface area (Å²) in [5.41, 5.74) is 0. The van der Waals surface area contributed by atoms with Gasteiger partial charge in [0.25, 0.3) is 0 Å². The number of carboxylic acids is 1. The fraction of sp³-hybridized carbons (Fsp3) is 0.769. The molecule has 20 heavy (non-hydrogen) atoms. The number of ether oxygens (including phenoxy) is 1. The number of carboxylic acid groups (broad SMARTS) is 1. The van der Waals surface area contributed by atoms with Gasteiger partial charge in [-0.3, -0.25) is 9.59 Å². The summed E-state index contributed by atoms with van der Waals surface area (Å²) in [5, 5.41) is 11.6. The van der Waals surface area contributed by atoms with Crippen LogP contribution in [0.4, 0.5) is 0 Å². The topological polar surface area (TPSA) is 95.9 Å². The summed E-state index contributed by atoms with van der Waals surface area (Å²) >= 11 is 0. The number of carbonyl (C=O) groups is 3. The van der Waals surface area contributed by atoms with Gasteiger partial charge in [-0.05, 0) is 12.8 Å². The van der Waals surface area contributed by atoms with E-state index in [0.29, 0.717) is 19.5 Å². The fourth-order valence-corrected chi connectivity index (χ4v) is 2.03. The first kappa shape index (κ1) is 16.4. The molecule has 1 heterocycles. The molecule has 0 saturated carbocycles. The molecule has 2 N–H and O–H groups in total. The lowest BCUT2D eigenvalue weighted by Gasteiger charge is -2.30. The van der Waals surface area contributed by atoms with Gasteiger partial charge in [-0.1, -0.05) is 6.42 Å². The maximum Gasteiger partial charge on any atom is 0.334 e. The minimum absolute atomic E-state index is 0.0286. The van der Waals surface area contributed by atoms with E-state index in [-0.39, 0.29) is 25.0 Å². The van der Waals surface area contributed by atoms with Gasteiger partial charge in [0.05, 0.1) is 13.2 Å². The zero-order chi connectivity index (χ0) is 15.0. The van der Waals surface area contributed by atoms with Crippen molar-refractivity contribution in [2.75, 3.05) is 26.2 Å². The molecule has 0 aliphatic carbocycles. The molecule has 7 heteroatoms. The molecule has 0 aromatic heterocycles. The van der Waals surface area contributed by atoms with Crippen LogP contribution in [0.3, 0.4) is 0 Å². The summed E-state index contributed by atoms with van der Waals surface area (Å²) < 4.78 is 5.07. The number of nitrogens with zero attached hydrogens (tertiary/aromatic N) is 1. The van der Waals surface area contributed by atoms with Crippen LogP contribution in [0.1, 0.15) is 32.6 Å². The van der Waals surface area contributed by atoms with Crippen LogP contribution >= 0.6 is 0 Å². The first-order valence-electron chi connectivity index (χ1n) is 6.87. The van der Waals surface area contributed by atoms with Crippen molar-refractivity contribution in [1.29, 1.82) is 0 Å². The van der Waals surface area contributed by atoms with Gasteiger partial charge in [0, 0.05) is 26.4 Å². The van der Waals surface area contributed by atoms with E-state index >= 15 is 0 Å². The molecule has 1 unspecified atom stereocenters. The normalized spacial score (nSPS) is 18.6. The van der Waals surface area contributed by atoms with Crippen molar-refractivity contribution in [3.05, 3.63) is 0 Å². The molecule has 7 nitrogen and oxygen atoms in total. The average molecular weight is 286 g/mol. The van der Waals surface area contributed by atoms with Crippen molar-refractivity contribution in [3.8, 4) is 0 Å². The minimum atomic E-state index is -1.03. The minimum Gasteiger partial charge on any atom is -0.479 e. The van der Waals surface area contributed by atoms with Crippen molar-refractivity contribution in [3.63, 3.8) is 0 Å². The van der Waals surface area contributed by atoms with Crippen LogP contribution in [0.5, 0.6) is 0 Å². The Balaban J connectivity index is 2.15. The van der Waals surface area contributed by atoms with Gasteiger partial charge in [-0.2, -0.15) is 0 Å². The van der Waals surface area contributed by atoms with Gasteiger partial charge in [-0.25, -0.2) is 4.79 Å². The molecule has 114 valence electrons. The Labute approximate surface area is 118 Å². The lowest BCUT2D eigenvalue weighted by Crippen LogP contribution is -2.48. The summed E-state index contributed by atoms with van der Waals surface area (Å²) in [6.07, 6.45) is 1.94. The highest BCUT2D eigenvalue weighted by atomic mass is 16.5. The number of hydrogen-bond donors (Lipinski definition) is 2. The summed E-state index contributed by atoms with van der Waals surface area (Å²) in [5.74, 6) is -1.11. The smallest absolute Gasteiger partial charge is 0.334 e. The van der Waals surface area contributed by atoms with Crippen molar-refractivity contribution in [2.45, 2.75) is 38.7 Å². The third-order valence-electron chi connectivity index (χ3n) is 3.14. The molecule has 0 aromatic carbocycles. The summed E-state index contributed by atoms with van der Waals surface area (Å²) in [7, 11) is 0. The van der Waals surface area contributed by atoms with E-state index in [0.717, 1.165) is 19.3 Å². The highest BCUT2D eigenvalue weighted by molar-refractivity contribution is 5.78. The second-order valence-electron chi connectivity index (χ2n) is 4.83. The molecule has 2 amide bonds. The first-order chi connectivity index (χ1) is 9.50. The quantitative estimate of drug-likeness (QED) is 0.642. The lowest BCUT2D eigenvalue weighted by molar-refractivity contribution is -0.159. The molecule has 0 radical (unpaired) electrons. The SMILES string of the molecule is CC(=O)NCCCCCC(=O)N1CCOC(C(=O)O)C1. The summed E-state index contributed by atoms with van der Waals surface area (Å²) in [4.78, 5) is 34.9. The number of nitrogens with one attached hydrogen (secondary N) is 1. The number of morpholine rings is 1. The number of aliphatic carboxylic acids is 1. The maximum atomic E-state index is 11.9. The van der Waals surface area contributed by atoms with Crippen LogP contribution in [0, 0.1) is 0 Å². The number of unbranched alkanes of at least 4 members (excludes halogenated alkanes) is 2. The summed E-state index contributed by atoms with van der Waals surface area (Å²) in [6, 6.07) is 0. The molecule has 1 atom stereocenters. The highest BCUT2D eigenvalue weighted by Crippen LogP contribution is 2.09. The zero-order valence-electron chi connectivity index (χ0n) is 11.8. The van der Waals surface area contributed by atoms with Crippen molar-refractivity contribution in [1.82, 2.24) is 10.2 Å². The molecule has 1 saturated heterocycles. The second-order valence-corrected chi connectivity index (χ2v) is 4.83. The lowest BCUT2D eigenvalue weighted by atomic mass is 10.1. The second kappa shape index (κ2) is 8.52. The van der Waals surface area contributed by atoms with Gasteiger partial charge in [0.2, 0.25) is 11.8 Å². The highest BCUT2D eigenvalue weighted by Gasteiger charge is 2.28. The third kappa shape index (κ3) is 6.01. The molecular weight excluding hydrogens is 264 g/mol. The maximum absolute atomic E-state index is 11.9.